The monoisotopic (exact) mass is 469 g/mol. The second-order valence-corrected chi connectivity index (χ2v) is 9.42. The number of carbonyl (C=O) groups excluding carboxylic acids is 2. The van der Waals surface area contributed by atoms with E-state index in [9.17, 15) is 14.4 Å². The van der Waals surface area contributed by atoms with E-state index in [0.29, 0.717) is 23.0 Å². The molecule has 7 nitrogen and oxygen atoms in total. The topological polar surface area (TPSA) is 90.3 Å². The molecule has 1 aromatic carbocycles. The van der Waals surface area contributed by atoms with E-state index in [1.165, 1.54) is 23.7 Å². The molecule has 3 aromatic rings. The van der Waals surface area contributed by atoms with Crippen molar-refractivity contribution < 1.29 is 14.3 Å². The summed E-state index contributed by atoms with van der Waals surface area (Å²) in [6.07, 6.45) is 5.82. The van der Waals surface area contributed by atoms with Crippen LogP contribution in [0.4, 0.5) is 5.69 Å². The number of amides is 1. The first-order valence-electron chi connectivity index (χ1n) is 10.3. The van der Waals surface area contributed by atoms with E-state index < -0.39 is 5.97 Å². The van der Waals surface area contributed by atoms with Crippen molar-refractivity contribution in [3.05, 3.63) is 63.3 Å². The highest BCUT2D eigenvalue weighted by Gasteiger charge is 2.22. The highest BCUT2D eigenvalue weighted by Crippen LogP contribution is 2.34. The van der Waals surface area contributed by atoms with Crippen molar-refractivity contribution in [3.63, 3.8) is 0 Å². The largest absolute Gasteiger partial charge is 0.465 e. The maximum Gasteiger partial charge on any atom is 0.337 e. The van der Waals surface area contributed by atoms with Crippen LogP contribution in [0.1, 0.15) is 33.6 Å². The van der Waals surface area contributed by atoms with Crippen molar-refractivity contribution >= 4 is 50.9 Å². The average Bonchev–Trinajstić information content (AvgIpc) is 3.18. The number of rotatable bonds is 7. The molecular weight excluding hydrogens is 446 g/mol. The molecule has 0 saturated heterocycles. The van der Waals surface area contributed by atoms with Crippen molar-refractivity contribution in [2.24, 2.45) is 0 Å². The Morgan fingerprint density at radius 3 is 2.75 bits per heavy atom. The predicted octanol–water partition coefficient (Wildman–Crippen LogP) is 4.04. The molecule has 0 atom stereocenters. The number of hydrogen-bond donors (Lipinski definition) is 1. The Bertz CT molecular complexity index is 1240. The number of fused-ring (bicyclic) bond motifs is 3. The minimum absolute atomic E-state index is 0.0596. The fourth-order valence-corrected chi connectivity index (χ4v) is 5.87. The van der Waals surface area contributed by atoms with Gasteiger partial charge in [-0.05, 0) is 55.5 Å². The first-order valence-corrected chi connectivity index (χ1v) is 12.1. The Labute approximate surface area is 193 Å². The van der Waals surface area contributed by atoms with Gasteiger partial charge in [-0.1, -0.05) is 17.8 Å². The molecule has 2 heterocycles. The molecule has 1 amide bonds. The van der Waals surface area contributed by atoms with Crippen molar-refractivity contribution in [3.8, 4) is 0 Å². The Morgan fingerprint density at radius 1 is 1.28 bits per heavy atom. The Balaban J connectivity index is 1.52. The first-order chi connectivity index (χ1) is 15.5. The summed E-state index contributed by atoms with van der Waals surface area (Å²) in [5.41, 5.74) is 2.07. The molecule has 0 saturated carbocycles. The summed E-state index contributed by atoms with van der Waals surface area (Å²) < 4.78 is 6.27. The van der Waals surface area contributed by atoms with Crippen LogP contribution in [-0.2, 0) is 28.9 Å². The van der Waals surface area contributed by atoms with E-state index in [-0.39, 0.29) is 17.2 Å². The van der Waals surface area contributed by atoms with Gasteiger partial charge in [-0.3, -0.25) is 14.2 Å². The van der Waals surface area contributed by atoms with Gasteiger partial charge in [-0.2, -0.15) is 0 Å². The molecule has 0 unspecified atom stereocenters. The maximum absolute atomic E-state index is 13.2. The van der Waals surface area contributed by atoms with E-state index >= 15 is 0 Å². The molecule has 1 aliphatic rings. The number of benzene rings is 1. The maximum atomic E-state index is 13.2. The molecule has 0 aliphatic heterocycles. The van der Waals surface area contributed by atoms with Crippen LogP contribution in [0.25, 0.3) is 10.2 Å². The summed E-state index contributed by atoms with van der Waals surface area (Å²) in [5, 5.41) is 4.03. The van der Waals surface area contributed by atoms with Crippen LogP contribution in [0.2, 0.25) is 0 Å². The molecule has 9 heteroatoms. The summed E-state index contributed by atoms with van der Waals surface area (Å²) in [6, 6.07) is 6.46. The summed E-state index contributed by atoms with van der Waals surface area (Å²) in [6.45, 7) is 4.10. The van der Waals surface area contributed by atoms with E-state index in [1.807, 2.05) is 0 Å². The number of thiophene rings is 1. The number of allylic oxidation sites excluding steroid dienone is 1. The number of thioether (sulfide) groups is 1. The number of anilines is 1. The zero-order chi connectivity index (χ0) is 22.7. The number of esters is 1. The number of nitrogens with zero attached hydrogens (tertiary/aromatic N) is 2. The lowest BCUT2D eigenvalue weighted by atomic mass is 9.97. The van der Waals surface area contributed by atoms with Gasteiger partial charge in [-0.15, -0.1) is 17.9 Å². The van der Waals surface area contributed by atoms with Gasteiger partial charge in [0.15, 0.2) is 5.16 Å². The molecule has 32 heavy (non-hydrogen) atoms. The smallest absolute Gasteiger partial charge is 0.337 e. The van der Waals surface area contributed by atoms with E-state index in [0.717, 1.165) is 41.5 Å². The number of hydrogen-bond acceptors (Lipinski definition) is 7. The summed E-state index contributed by atoms with van der Waals surface area (Å²) in [5.74, 6) is -0.569. The standard InChI is InChI=1S/C23H23N3O4S2/c1-3-12-26-21(28)19-16-6-4-5-7-17(16)32-20(19)25-23(26)31-13-18(27)24-15-10-8-14(9-11-15)22(29)30-2/h3,8-11H,1,4-7,12-13H2,2H3,(H,24,27). The average molecular weight is 470 g/mol. The number of ether oxygens (including phenoxy) is 1. The molecule has 166 valence electrons. The van der Waals surface area contributed by atoms with Crippen LogP contribution in [0.15, 0.2) is 46.9 Å². The highest BCUT2D eigenvalue weighted by atomic mass is 32.2. The zero-order valence-corrected chi connectivity index (χ0v) is 19.3. The van der Waals surface area contributed by atoms with Gasteiger partial charge < -0.3 is 10.1 Å². The zero-order valence-electron chi connectivity index (χ0n) is 17.7. The van der Waals surface area contributed by atoms with Crippen molar-refractivity contribution in [1.82, 2.24) is 9.55 Å². The number of methoxy groups -OCH3 is 1. The van der Waals surface area contributed by atoms with Gasteiger partial charge in [-0.25, -0.2) is 9.78 Å². The molecule has 1 aliphatic carbocycles. The fourth-order valence-electron chi connectivity index (χ4n) is 3.75. The van der Waals surface area contributed by atoms with Crippen LogP contribution < -0.4 is 10.9 Å². The molecule has 2 aromatic heterocycles. The second kappa shape index (κ2) is 9.70. The fraction of sp³-hybridized carbons (Fsp3) is 0.304. The SMILES string of the molecule is C=CCn1c(SCC(=O)Nc2ccc(C(=O)OC)cc2)nc2sc3c(c2c1=O)CCCC3. The third-order valence-corrected chi connectivity index (χ3v) is 7.44. The predicted molar refractivity (Wildman–Crippen MR) is 128 cm³/mol. The van der Waals surface area contributed by atoms with Gasteiger partial charge in [0.25, 0.3) is 5.56 Å². The molecular formula is C23H23N3O4S2. The van der Waals surface area contributed by atoms with E-state index in [2.05, 4.69) is 16.6 Å². The van der Waals surface area contributed by atoms with E-state index in [1.54, 1.807) is 46.2 Å². The minimum atomic E-state index is -0.435. The molecule has 0 fully saturated rings. The van der Waals surface area contributed by atoms with Crippen LogP contribution in [-0.4, -0.2) is 34.3 Å². The van der Waals surface area contributed by atoms with Gasteiger partial charge in [0.2, 0.25) is 5.91 Å². The summed E-state index contributed by atoms with van der Waals surface area (Å²) in [7, 11) is 1.32. The Morgan fingerprint density at radius 2 is 2.03 bits per heavy atom. The lowest BCUT2D eigenvalue weighted by Crippen LogP contribution is -2.24. The van der Waals surface area contributed by atoms with Gasteiger partial charge in [0, 0.05) is 17.1 Å². The summed E-state index contributed by atoms with van der Waals surface area (Å²) >= 11 is 2.82. The molecule has 4 rings (SSSR count). The van der Waals surface area contributed by atoms with Gasteiger partial charge >= 0.3 is 5.97 Å². The lowest BCUT2D eigenvalue weighted by Gasteiger charge is -2.12. The van der Waals surface area contributed by atoms with Crippen molar-refractivity contribution in [2.45, 2.75) is 37.4 Å². The van der Waals surface area contributed by atoms with Gasteiger partial charge in [0.05, 0.1) is 23.8 Å². The Kier molecular flexibility index (Phi) is 6.76. The number of aryl methyl sites for hydroxylation is 2. The van der Waals surface area contributed by atoms with Crippen molar-refractivity contribution in [2.75, 3.05) is 18.2 Å². The normalized spacial score (nSPS) is 12.9. The number of nitrogens with one attached hydrogen (secondary N) is 1. The third kappa shape index (κ3) is 4.49. The number of aromatic nitrogens is 2. The van der Waals surface area contributed by atoms with Crippen LogP contribution >= 0.6 is 23.1 Å². The van der Waals surface area contributed by atoms with Crippen molar-refractivity contribution in [1.29, 1.82) is 0 Å². The molecule has 1 N–H and O–H groups in total. The first kappa shape index (κ1) is 22.3. The molecule has 0 spiro atoms. The highest BCUT2D eigenvalue weighted by molar-refractivity contribution is 7.99. The quantitative estimate of drug-likeness (QED) is 0.243. The third-order valence-electron chi connectivity index (χ3n) is 5.27. The van der Waals surface area contributed by atoms with E-state index in [4.69, 9.17) is 4.98 Å². The lowest BCUT2D eigenvalue weighted by molar-refractivity contribution is -0.113. The number of carbonyl (C=O) groups is 2. The van der Waals surface area contributed by atoms with Crippen LogP contribution in [0, 0.1) is 0 Å². The van der Waals surface area contributed by atoms with Crippen LogP contribution in [0.5, 0.6) is 0 Å². The second-order valence-electron chi connectivity index (χ2n) is 7.40. The minimum Gasteiger partial charge on any atom is -0.465 e. The summed E-state index contributed by atoms with van der Waals surface area (Å²) in [4.78, 5) is 44.0. The van der Waals surface area contributed by atoms with Gasteiger partial charge in [0.1, 0.15) is 4.83 Å². The molecule has 0 radical (unpaired) electrons. The molecule has 0 bridgehead atoms. The van der Waals surface area contributed by atoms with Crippen LogP contribution in [0.3, 0.4) is 0 Å². The Hall–Kier alpha value is -2.91.